The van der Waals surface area contributed by atoms with Crippen LogP contribution in [0.4, 0.5) is 0 Å². The summed E-state index contributed by atoms with van der Waals surface area (Å²) in [4.78, 5) is 18.7. The average molecular weight is 710 g/mol. The van der Waals surface area contributed by atoms with Gasteiger partial charge in [-0.25, -0.2) is 15.0 Å². The first kappa shape index (κ1) is 30.2. The van der Waals surface area contributed by atoms with E-state index in [9.17, 15) is 0 Å². The molecule has 40 heavy (non-hydrogen) atoms. The fraction of sp³-hybridized carbons (Fsp3) is 0.429. The number of hydrogen-bond acceptors (Lipinski definition) is 4. The molecule has 0 spiro atoms. The number of nitrogens with zero attached hydrogens (tertiary/aromatic N) is 4. The molecular formula is C35H41IrN4-. The van der Waals surface area contributed by atoms with Crippen molar-refractivity contribution in [2.75, 3.05) is 0 Å². The maximum Gasteiger partial charge on any atom is 0.164 e. The third-order valence-electron chi connectivity index (χ3n) is 8.10. The van der Waals surface area contributed by atoms with Crippen LogP contribution in [0.25, 0.3) is 33.8 Å². The van der Waals surface area contributed by atoms with Crippen LogP contribution >= 0.6 is 0 Å². The smallest absolute Gasteiger partial charge is 0.164 e. The topological polar surface area (TPSA) is 51.6 Å². The third kappa shape index (κ3) is 6.11. The second-order valence-corrected chi connectivity index (χ2v) is 12.3. The Bertz CT molecular complexity index is 1460. The standard InChI is InChI=1S/C35H41N4.Ir/c1-7-8-9-10-11-14-21-35(6)29-16-13-12-15-27(29)28-19-17-25(22-30(28)35)31-20-18-26(23-36-31)32-37-24(2)38-33(39-32)34(3,4)5;/h12-13,15-16,18-20,22-23H,7-11,14,21H2,1-6H3;/q-1;. The van der Waals surface area contributed by atoms with Gasteiger partial charge in [0, 0.05) is 42.7 Å². The van der Waals surface area contributed by atoms with Gasteiger partial charge in [-0.2, -0.15) is 0 Å². The molecule has 0 bridgehead atoms. The van der Waals surface area contributed by atoms with Crippen molar-refractivity contribution in [3.8, 4) is 33.8 Å². The predicted molar refractivity (Wildman–Crippen MR) is 161 cm³/mol. The molecule has 0 saturated heterocycles. The zero-order valence-corrected chi connectivity index (χ0v) is 27.2. The average Bonchev–Trinajstić information content (AvgIpc) is 3.18. The van der Waals surface area contributed by atoms with Gasteiger partial charge < -0.3 is 4.98 Å². The molecule has 0 aliphatic heterocycles. The van der Waals surface area contributed by atoms with Crippen LogP contribution in [0, 0.1) is 13.0 Å². The summed E-state index contributed by atoms with van der Waals surface area (Å²) in [5.41, 5.74) is 8.23. The Morgan fingerprint density at radius 2 is 1.60 bits per heavy atom. The first-order valence-corrected chi connectivity index (χ1v) is 14.6. The Hall–Kier alpha value is -2.75. The number of fused-ring (bicyclic) bond motifs is 3. The number of aromatic nitrogens is 4. The van der Waals surface area contributed by atoms with Crippen LogP contribution in [-0.2, 0) is 30.9 Å². The number of hydrogen-bond donors (Lipinski definition) is 0. The minimum absolute atomic E-state index is 0. The summed E-state index contributed by atoms with van der Waals surface area (Å²) in [5, 5.41) is 0. The number of aryl methyl sites for hydroxylation is 1. The number of pyridine rings is 1. The molecule has 211 valence electrons. The van der Waals surface area contributed by atoms with E-state index in [1.54, 1.807) is 0 Å². The van der Waals surface area contributed by atoms with Crippen molar-refractivity contribution in [2.45, 2.75) is 97.3 Å². The minimum Gasteiger partial charge on any atom is -0.304 e. The first-order valence-electron chi connectivity index (χ1n) is 14.6. The van der Waals surface area contributed by atoms with Gasteiger partial charge in [-0.3, -0.25) is 0 Å². The fourth-order valence-corrected chi connectivity index (χ4v) is 5.82. The van der Waals surface area contributed by atoms with Crippen molar-refractivity contribution < 1.29 is 20.1 Å². The number of rotatable bonds is 9. The van der Waals surface area contributed by atoms with E-state index in [1.165, 1.54) is 60.8 Å². The Balaban J connectivity index is 0.00000370. The van der Waals surface area contributed by atoms with Crippen molar-refractivity contribution in [3.63, 3.8) is 0 Å². The van der Waals surface area contributed by atoms with Gasteiger partial charge in [0.25, 0.3) is 0 Å². The van der Waals surface area contributed by atoms with Gasteiger partial charge in [-0.1, -0.05) is 121 Å². The van der Waals surface area contributed by atoms with Crippen LogP contribution in [0.3, 0.4) is 0 Å². The van der Waals surface area contributed by atoms with Gasteiger partial charge in [0.2, 0.25) is 0 Å². The van der Waals surface area contributed by atoms with Crippen LogP contribution in [0.5, 0.6) is 0 Å². The van der Waals surface area contributed by atoms with Gasteiger partial charge in [0.15, 0.2) is 5.82 Å². The van der Waals surface area contributed by atoms with Crippen molar-refractivity contribution >= 4 is 0 Å². The number of unbranched alkanes of at least 4 members (excludes halogenated alkanes) is 5. The number of benzene rings is 2. The first-order chi connectivity index (χ1) is 18.7. The molecule has 2 aromatic heterocycles. The molecule has 0 fully saturated rings. The molecule has 4 nitrogen and oxygen atoms in total. The molecule has 1 radical (unpaired) electrons. The van der Waals surface area contributed by atoms with Gasteiger partial charge in [0.05, 0.1) is 0 Å². The van der Waals surface area contributed by atoms with Crippen molar-refractivity contribution in [3.05, 3.63) is 83.6 Å². The fourth-order valence-electron chi connectivity index (χ4n) is 5.82. The van der Waals surface area contributed by atoms with Crippen LogP contribution in [0.15, 0.2) is 54.7 Å². The largest absolute Gasteiger partial charge is 0.304 e. The van der Waals surface area contributed by atoms with E-state index >= 15 is 0 Å². The molecule has 4 aromatic rings. The molecule has 1 aliphatic carbocycles. The summed E-state index contributed by atoms with van der Waals surface area (Å²) in [6.07, 6.45) is 10.9. The maximum atomic E-state index is 4.84. The van der Waals surface area contributed by atoms with Crippen molar-refractivity contribution in [1.29, 1.82) is 0 Å². The summed E-state index contributed by atoms with van der Waals surface area (Å²) in [6, 6.07) is 21.1. The van der Waals surface area contributed by atoms with Crippen molar-refractivity contribution in [2.24, 2.45) is 0 Å². The molecule has 5 rings (SSSR count). The molecule has 1 aliphatic rings. The van der Waals surface area contributed by atoms with Gasteiger partial charge in [0.1, 0.15) is 11.6 Å². The van der Waals surface area contributed by atoms with E-state index in [1.807, 2.05) is 13.1 Å². The molecule has 1 unspecified atom stereocenters. The Kier molecular flexibility index (Phi) is 9.37. The second kappa shape index (κ2) is 12.4. The summed E-state index contributed by atoms with van der Waals surface area (Å²) in [5.74, 6) is 2.20. The Morgan fingerprint density at radius 1 is 0.850 bits per heavy atom. The van der Waals surface area contributed by atoms with Gasteiger partial charge in [-0.05, 0) is 24.6 Å². The Labute approximate surface area is 253 Å². The molecule has 5 heteroatoms. The molecule has 0 N–H and O–H groups in total. The van der Waals surface area contributed by atoms with E-state index in [4.69, 9.17) is 9.97 Å². The quantitative estimate of drug-likeness (QED) is 0.129. The summed E-state index contributed by atoms with van der Waals surface area (Å²) < 4.78 is 0. The zero-order chi connectivity index (χ0) is 27.6. The summed E-state index contributed by atoms with van der Waals surface area (Å²) in [6.45, 7) is 13.0. The van der Waals surface area contributed by atoms with E-state index in [0.29, 0.717) is 5.82 Å². The molecule has 0 saturated carbocycles. The Morgan fingerprint density at radius 3 is 2.33 bits per heavy atom. The van der Waals surface area contributed by atoms with E-state index in [2.05, 4.69) is 99.2 Å². The van der Waals surface area contributed by atoms with Gasteiger partial charge in [-0.15, -0.1) is 29.3 Å². The van der Waals surface area contributed by atoms with E-state index in [-0.39, 0.29) is 30.9 Å². The van der Waals surface area contributed by atoms with E-state index in [0.717, 1.165) is 34.9 Å². The molecule has 2 aromatic carbocycles. The van der Waals surface area contributed by atoms with Gasteiger partial charge >= 0.3 is 0 Å². The minimum atomic E-state index is -0.144. The molecule has 0 amide bonds. The predicted octanol–water partition coefficient (Wildman–Crippen LogP) is 9.04. The zero-order valence-electron chi connectivity index (χ0n) is 24.8. The summed E-state index contributed by atoms with van der Waals surface area (Å²) in [7, 11) is 0. The maximum absolute atomic E-state index is 4.84. The molecule has 1 atom stereocenters. The summed E-state index contributed by atoms with van der Waals surface area (Å²) >= 11 is 0. The second-order valence-electron chi connectivity index (χ2n) is 12.3. The van der Waals surface area contributed by atoms with Crippen LogP contribution in [-0.4, -0.2) is 19.9 Å². The van der Waals surface area contributed by atoms with Crippen LogP contribution in [0.1, 0.15) is 102 Å². The monoisotopic (exact) mass is 710 g/mol. The third-order valence-corrected chi connectivity index (χ3v) is 8.10. The van der Waals surface area contributed by atoms with Crippen LogP contribution in [0.2, 0.25) is 0 Å². The SMILES string of the molecule is CCCCCCCCC1(C)c2ccccc2-c2c[c-]c(-c3ccc(-c4nc(C)nc(C(C)(C)C)n4)cn3)cc21.[Ir]. The van der Waals surface area contributed by atoms with Crippen LogP contribution < -0.4 is 0 Å². The van der Waals surface area contributed by atoms with Crippen molar-refractivity contribution in [1.82, 2.24) is 19.9 Å². The molecular weight excluding hydrogens is 669 g/mol. The normalized spacial score (nSPS) is 15.8. The molecule has 2 heterocycles. The van der Waals surface area contributed by atoms with E-state index < -0.39 is 0 Å².